The van der Waals surface area contributed by atoms with Crippen LogP contribution in [-0.4, -0.2) is 69.0 Å². The molecule has 0 radical (unpaired) electrons. The lowest BCUT2D eigenvalue weighted by atomic mass is 10.2. The number of hydrogen-bond donors (Lipinski definition) is 2. The molecule has 0 bridgehead atoms. The number of aromatic nitrogens is 5. The lowest BCUT2D eigenvalue weighted by Gasteiger charge is -2.28. The fourth-order valence-electron chi connectivity index (χ4n) is 3.47. The van der Waals surface area contributed by atoms with E-state index in [1.807, 2.05) is 10.6 Å². The van der Waals surface area contributed by atoms with Gasteiger partial charge in [0.15, 0.2) is 22.8 Å². The van der Waals surface area contributed by atoms with Gasteiger partial charge in [-0.25, -0.2) is 25.4 Å². The molecule has 0 atom stereocenters. The minimum Gasteiger partial charge on any atom is -0.481 e. The number of pyridine rings is 1. The van der Waals surface area contributed by atoms with E-state index in [1.165, 1.54) is 0 Å². The number of nitrogens with zero attached hydrogens (tertiary/aromatic N) is 6. The van der Waals surface area contributed by atoms with Crippen molar-refractivity contribution in [2.24, 2.45) is 0 Å². The molecule has 0 aromatic carbocycles. The number of rotatable bonds is 8. The Hall–Kier alpha value is -3.31. The third kappa shape index (κ3) is 4.72. The minimum absolute atomic E-state index is 0.264. The predicted molar refractivity (Wildman–Crippen MR) is 112 cm³/mol. The van der Waals surface area contributed by atoms with Gasteiger partial charge >= 0.3 is 0 Å². The van der Waals surface area contributed by atoms with Crippen LogP contribution in [0.25, 0.3) is 22.6 Å². The zero-order valence-electron chi connectivity index (χ0n) is 17.3. The van der Waals surface area contributed by atoms with Crippen LogP contribution in [-0.2, 0) is 16.1 Å². The number of unbranched alkanes of at least 4 members (excludes halogenated alkanes) is 1. The number of anilines is 1. The molecule has 0 spiro atoms. The molecule has 11 heteroatoms. The average Bonchev–Trinajstić information content (AvgIpc) is 3.24. The number of hydroxylamine groups is 1. The van der Waals surface area contributed by atoms with Crippen molar-refractivity contribution in [1.29, 1.82) is 0 Å². The molecule has 31 heavy (non-hydrogen) atoms. The third-order valence-electron chi connectivity index (χ3n) is 5.14. The number of nitrogens with one attached hydrogen (secondary N) is 1. The number of carbonyl (C=O) groups is 1. The summed E-state index contributed by atoms with van der Waals surface area (Å²) in [5.74, 6) is 1.47. The molecule has 3 aromatic rings. The molecule has 1 fully saturated rings. The number of methoxy groups -OCH3 is 1. The van der Waals surface area contributed by atoms with E-state index < -0.39 is 0 Å². The van der Waals surface area contributed by atoms with Crippen molar-refractivity contribution in [3.05, 3.63) is 24.7 Å². The Bertz CT molecular complexity index is 1030. The van der Waals surface area contributed by atoms with Gasteiger partial charge in [0.05, 0.1) is 26.7 Å². The second-order valence-electron chi connectivity index (χ2n) is 7.16. The quantitative estimate of drug-likeness (QED) is 0.311. The van der Waals surface area contributed by atoms with Gasteiger partial charge in [0.2, 0.25) is 11.8 Å². The number of morpholine rings is 1. The third-order valence-corrected chi connectivity index (χ3v) is 5.14. The van der Waals surface area contributed by atoms with Gasteiger partial charge in [-0.15, -0.1) is 0 Å². The Labute approximate surface area is 179 Å². The van der Waals surface area contributed by atoms with Gasteiger partial charge in [0.1, 0.15) is 0 Å². The molecular formula is C20H25N7O4. The largest absolute Gasteiger partial charge is 0.481 e. The fraction of sp³-hybridized carbons (Fsp3) is 0.450. The van der Waals surface area contributed by atoms with Crippen LogP contribution in [0.5, 0.6) is 5.88 Å². The van der Waals surface area contributed by atoms with Gasteiger partial charge < -0.3 is 18.9 Å². The predicted octanol–water partition coefficient (Wildman–Crippen LogP) is 1.41. The van der Waals surface area contributed by atoms with Gasteiger partial charge in [-0.05, 0) is 18.9 Å². The highest BCUT2D eigenvalue weighted by atomic mass is 16.5. The first-order chi connectivity index (χ1) is 15.2. The maximum Gasteiger partial charge on any atom is 0.243 e. The Kier molecular flexibility index (Phi) is 6.53. The van der Waals surface area contributed by atoms with E-state index in [4.69, 9.17) is 24.6 Å². The van der Waals surface area contributed by atoms with Crippen molar-refractivity contribution < 1.29 is 19.5 Å². The van der Waals surface area contributed by atoms with Crippen molar-refractivity contribution >= 4 is 22.9 Å². The van der Waals surface area contributed by atoms with E-state index in [0.29, 0.717) is 37.9 Å². The van der Waals surface area contributed by atoms with Crippen LogP contribution in [0.1, 0.15) is 19.3 Å². The Balaban J connectivity index is 1.67. The summed E-state index contributed by atoms with van der Waals surface area (Å²) in [5, 5.41) is 8.63. The Morgan fingerprint density at radius 2 is 2.06 bits per heavy atom. The molecular weight excluding hydrogens is 402 g/mol. The molecule has 3 aromatic heterocycles. The highest BCUT2D eigenvalue weighted by molar-refractivity contribution is 5.85. The first-order valence-corrected chi connectivity index (χ1v) is 10.2. The average molecular weight is 427 g/mol. The minimum atomic E-state index is -0.387. The molecule has 1 aliphatic heterocycles. The number of hydrogen-bond acceptors (Lipinski definition) is 9. The summed E-state index contributed by atoms with van der Waals surface area (Å²) in [6, 6.07) is 3.66. The van der Waals surface area contributed by atoms with Crippen molar-refractivity contribution in [2.75, 3.05) is 38.3 Å². The van der Waals surface area contributed by atoms with Gasteiger partial charge in [-0.1, -0.05) is 0 Å². The van der Waals surface area contributed by atoms with E-state index >= 15 is 0 Å². The number of imidazole rings is 1. The van der Waals surface area contributed by atoms with Crippen molar-refractivity contribution in [1.82, 2.24) is 30.0 Å². The summed E-state index contributed by atoms with van der Waals surface area (Å²) in [4.78, 5) is 31.8. The zero-order valence-corrected chi connectivity index (χ0v) is 17.3. The Morgan fingerprint density at radius 3 is 2.77 bits per heavy atom. The standard InChI is InChI=1S/C20H25N7O4/c1-30-16-6-5-14(12-21-16)18-23-19(26-8-10-31-11-9-26)17-20(24-18)27(13-22-17)7-3-2-4-15(28)25-29/h5-6,12-13,29H,2-4,7-11H2,1H3,(H,25,28). The van der Waals surface area contributed by atoms with Crippen LogP contribution >= 0.6 is 0 Å². The van der Waals surface area contributed by atoms with Crippen LogP contribution < -0.4 is 15.1 Å². The number of fused-ring (bicyclic) bond motifs is 1. The summed E-state index contributed by atoms with van der Waals surface area (Å²) in [5.41, 5.74) is 3.91. The Morgan fingerprint density at radius 1 is 1.23 bits per heavy atom. The van der Waals surface area contributed by atoms with Gasteiger partial charge in [0, 0.05) is 43.9 Å². The van der Waals surface area contributed by atoms with Gasteiger partial charge in [-0.2, -0.15) is 0 Å². The van der Waals surface area contributed by atoms with Crippen LogP contribution in [0.2, 0.25) is 0 Å². The molecule has 4 heterocycles. The molecule has 164 valence electrons. The van der Waals surface area contributed by atoms with E-state index in [9.17, 15) is 4.79 Å². The molecule has 1 saturated heterocycles. The topological polar surface area (TPSA) is 128 Å². The van der Waals surface area contributed by atoms with E-state index in [2.05, 4.69) is 14.9 Å². The van der Waals surface area contributed by atoms with E-state index in [1.54, 1.807) is 31.2 Å². The zero-order chi connectivity index (χ0) is 21.6. The van der Waals surface area contributed by atoms with Crippen LogP contribution in [0, 0.1) is 0 Å². The summed E-state index contributed by atoms with van der Waals surface area (Å²) in [6.45, 7) is 3.39. The lowest BCUT2D eigenvalue weighted by molar-refractivity contribution is -0.129. The number of ether oxygens (including phenoxy) is 2. The van der Waals surface area contributed by atoms with Gasteiger partial charge in [-0.3, -0.25) is 10.0 Å². The molecule has 4 rings (SSSR count). The first-order valence-electron chi connectivity index (χ1n) is 10.2. The smallest absolute Gasteiger partial charge is 0.243 e. The monoisotopic (exact) mass is 427 g/mol. The van der Waals surface area contributed by atoms with E-state index in [0.717, 1.165) is 42.1 Å². The van der Waals surface area contributed by atoms with Crippen LogP contribution in [0.4, 0.5) is 5.82 Å². The summed E-state index contributed by atoms with van der Waals surface area (Å²) in [6.07, 6.45) is 5.10. The summed E-state index contributed by atoms with van der Waals surface area (Å²) >= 11 is 0. The highest BCUT2D eigenvalue weighted by Crippen LogP contribution is 2.28. The van der Waals surface area contributed by atoms with Crippen molar-refractivity contribution in [3.8, 4) is 17.3 Å². The fourth-order valence-corrected chi connectivity index (χ4v) is 3.47. The van der Waals surface area contributed by atoms with Crippen LogP contribution in [0.15, 0.2) is 24.7 Å². The summed E-state index contributed by atoms with van der Waals surface area (Å²) in [7, 11) is 1.57. The molecule has 0 unspecified atom stereocenters. The lowest BCUT2D eigenvalue weighted by Crippen LogP contribution is -2.37. The SMILES string of the molecule is COc1ccc(-c2nc(N3CCOCC3)c3ncn(CCCCC(=O)NO)c3n2)cn1. The normalized spacial score (nSPS) is 14.1. The van der Waals surface area contributed by atoms with Gasteiger partial charge in [0.25, 0.3) is 0 Å². The van der Waals surface area contributed by atoms with E-state index in [-0.39, 0.29) is 12.3 Å². The first kappa shape index (κ1) is 20.9. The second-order valence-corrected chi connectivity index (χ2v) is 7.16. The second kappa shape index (κ2) is 9.67. The molecule has 1 aliphatic rings. The molecule has 11 nitrogen and oxygen atoms in total. The summed E-state index contributed by atoms with van der Waals surface area (Å²) < 4.78 is 12.6. The number of amides is 1. The highest BCUT2D eigenvalue weighted by Gasteiger charge is 2.21. The van der Waals surface area contributed by atoms with Crippen molar-refractivity contribution in [2.45, 2.75) is 25.8 Å². The molecule has 2 N–H and O–H groups in total. The number of carbonyl (C=O) groups excluding carboxylic acids is 1. The maximum absolute atomic E-state index is 11.2. The molecule has 0 saturated carbocycles. The van der Waals surface area contributed by atoms with Crippen LogP contribution in [0.3, 0.4) is 0 Å². The maximum atomic E-state index is 11.2. The molecule has 1 amide bonds. The van der Waals surface area contributed by atoms with Crippen molar-refractivity contribution in [3.63, 3.8) is 0 Å². The molecule has 0 aliphatic carbocycles. The number of aryl methyl sites for hydroxylation is 1.